The minimum atomic E-state index is -0.222. The van der Waals surface area contributed by atoms with Crippen molar-refractivity contribution in [1.82, 2.24) is 10.3 Å². The van der Waals surface area contributed by atoms with Crippen LogP contribution in [-0.4, -0.2) is 37.3 Å². The second-order valence-corrected chi connectivity index (χ2v) is 7.97. The minimum Gasteiger partial charge on any atom is -0.497 e. The zero-order valence-corrected chi connectivity index (χ0v) is 18.0. The topological polar surface area (TPSA) is 66.5 Å². The molecule has 7 heteroatoms. The van der Waals surface area contributed by atoms with E-state index in [1.54, 1.807) is 37.6 Å². The number of hydrogen-bond acceptors (Lipinski definition) is 4. The highest BCUT2D eigenvalue weighted by atomic mass is 35.5. The molecule has 31 heavy (non-hydrogen) atoms. The Morgan fingerprint density at radius 1 is 1.13 bits per heavy atom. The molecule has 2 amide bonds. The number of methoxy groups -OCH3 is 1. The van der Waals surface area contributed by atoms with Crippen molar-refractivity contribution in [2.75, 3.05) is 30.4 Å². The van der Waals surface area contributed by atoms with Crippen LogP contribution in [0, 0.1) is 0 Å². The first-order valence-electron chi connectivity index (χ1n) is 10.2. The highest BCUT2D eigenvalue weighted by Crippen LogP contribution is 2.31. The van der Waals surface area contributed by atoms with Crippen LogP contribution in [0.2, 0.25) is 5.02 Å². The molecule has 6 nitrogen and oxygen atoms in total. The molecule has 3 aromatic rings. The third-order valence-corrected chi connectivity index (χ3v) is 5.84. The third-order valence-electron chi connectivity index (χ3n) is 5.59. The average Bonchev–Trinajstić information content (AvgIpc) is 2.81. The SMILES string of the molecule is COc1ccc(C2CN(c3cccnc3)CCC2NC(=O)Nc2ccc(Cl)cc2)cc1. The maximum atomic E-state index is 12.7. The quantitative estimate of drug-likeness (QED) is 0.595. The number of piperidine rings is 1. The van der Waals surface area contributed by atoms with Crippen molar-refractivity contribution in [2.24, 2.45) is 0 Å². The van der Waals surface area contributed by atoms with Gasteiger partial charge in [0.05, 0.1) is 19.0 Å². The first-order chi connectivity index (χ1) is 15.1. The molecule has 160 valence electrons. The normalized spacial score (nSPS) is 18.3. The van der Waals surface area contributed by atoms with Crippen LogP contribution in [-0.2, 0) is 0 Å². The lowest BCUT2D eigenvalue weighted by Crippen LogP contribution is -2.50. The van der Waals surface area contributed by atoms with Gasteiger partial charge in [-0.15, -0.1) is 0 Å². The molecule has 1 saturated heterocycles. The van der Waals surface area contributed by atoms with E-state index in [2.05, 4.69) is 38.7 Å². The van der Waals surface area contributed by atoms with E-state index in [0.717, 1.165) is 36.5 Å². The van der Waals surface area contributed by atoms with E-state index >= 15 is 0 Å². The summed E-state index contributed by atoms with van der Waals surface area (Å²) in [6.45, 7) is 1.62. The lowest BCUT2D eigenvalue weighted by Gasteiger charge is -2.40. The Labute approximate surface area is 187 Å². The van der Waals surface area contributed by atoms with Gasteiger partial charge >= 0.3 is 6.03 Å². The molecule has 2 atom stereocenters. The monoisotopic (exact) mass is 436 g/mol. The van der Waals surface area contributed by atoms with Crippen LogP contribution in [0.25, 0.3) is 0 Å². The summed E-state index contributed by atoms with van der Waals surface area (Å²) >= 11 is 5.93. The highest BCUT2D eigenvalue weighted by molar-refractivity contribution is 6.30. The van der Waals surface area contributed by atoms with Crippen LogP contribution in [0.3, 0.4) is 0 Å². The van der Waals surface area contributed by atoms with Crippen LogP contribution in [0.15, 0.2) is 73.1 Å². The van der Waals surface area contributed by atoms with E-state index in [1.165, 1.54) is 0 Å². The summed E-state index contributed by atoms with van der Waals surface area (Å²) in [7, 11) is 1.66. The Morgan fingerprint density at radius 3 is 2.58 bits per heavy atom. The molecule has 1 aromatic heterocycles. The summed E-state index contributed by atoms with van der Waals surface area (Å²) in [4.78, 5) is 19.3. The molecule has 1 aliphatic rings. The van der Waals surface area contributed by atoms with Gasteiger partial charge in [0, 0.05) is 42.0 Å². The summed E-state index contributed by atoms with van der Waals surface area (Å²) in [5.74, 6) is 0.935. The van der Waals surface area contributed by atoms with Crippen LogP contribution in [0.1, 0.15) is 17.9 Å². The van der Waals surface area contributed by atoms with Gasteiger partial charge in [-0.05, 0) is 60.5 Å². The maximum Gasteiger partial charge on any atom is 0.319 e. The molecule has 0 bridgehead atoms. The number of nitrogens with one attached hydrogen (secondary N) is 2. The zero-order valence-electron chi connectivity index (χ0n) is 17.3. The molecule has 1 aliphatic heterocycles. The molecule has 2 N–H and O–H groups in total. The Kier molecular flexibility index (Phi) is 6.57. The predicted molar refractivity (Wildman–Crippen MR) is 124 cm³/mol. The van der Waals surface area contributed by atoms with Gasteiger partial charge in [0.1, 0.15) is 5.75 Å². The highest BCUT2D eigenvalue weighted by Gasteiger charge is 2.32. The number of carbonyl (C=O) groups excluding carboxylic acids is 1. The van der Waals surface area contributed by atoms with Gasteiger partial charge in [-0.3, -0.25) is 4.98 Å². The maximum absolute atomic E-state index is 12.7. The number of hydrogen-bond donors (Lipinski definition) is 2. The van der Waals surface area contributed by atoms with E-state index in [4.69, 9.17) is 16.3 Å². The number of benzene rings is 2. The molecule has 1 fully saturated rings. The molecule has 0 spiro atoms. The van der Waals surface area contributed by atoms with E-state index in [1.807, 2.05) is 24.4 Å². The number of ether oxygens (including phenoxy) is 1. The summed E-state index contributed by atoms with van der Waals surface area (Å²) < 4.78 is 5.31. The number of urea groups is 1. The van der Waals surface area contributed by atoms with Gasteiger partial charge in [-0.1, -0.05) is 23.7 Å². The van der Waals surface area contributed by atoms with Crippen molar-refractivity contribution < 1.29 is 9.53 Å². The molecule has 0 saturated carbocycles. The predicted octanol–water partition coefficient (Wildman–Crippen LogP) is 4.93. The zero-order chi connectivity index (χ0) is 21.6. The van der Waals surface area contributed by atoms with Crippen LogP contribution >= 0.6 is 11.6 Å². The second-order valence-electron chi connectivity index (χ2n) is 7.54. The largest absolute Gasteiger partial charge is 0.497 e. The minimum absolute atomic E-state index is 0.00591. The van der Waals surface area contributed by atoms with Gasteiger partial charge < -0.3 is 20.3 Å². The van der Waals surface area contributed by atoms with Gasteiger partial charge in [0.25, 0.3) is 0 Å². The number of rotatable bonds is 5. The standard InChI is InChI=1S/C24H25ClN4O2/c1-31-21-10-4-17(5-11-21)22-16-29(20-3-2-13-26-15-20)14-12-23(22)28-24(30)27-19-8-6-18(25)7-9-19/h2-11,13,15,22-23H,12,14,16H2,1H3,(H2,27,28,30). The molecule has 0 aliphatic carbocycles. The number of pyridine rings is 1. The number of halogens is 1. The Hall–Kier alpha value is -3.25. The van der Waals surface area contributed by atoms with Gasteiger partial charge in [0.15, 0.2) is 0 Å². The summed E-state index contributed by atoms with van der Waals surface area (Å²) in [6.07, 6.45) is 4.48. The Bertz CT molecular complexity index is 996. The first kappa shape index (κ1) is 21.0. The van der Waals surface area contributed by atoms with Crippen molar-refractivity contribution in [3.05, 3.63) is 83.6 Å². The van der Waals surface area contributed by atoms with E-state index in [0.29, 0.717) is 10.7 Å². The fourth-order valence-corrected chi connectivity index (χ4v) is 4.08. The molecule has 0 radical (unpaired) electrons. The Morgan fingerprint density at radius 2 is 1.90 bits per heavy atom. The van der Waals surface area contributed by atoms with Gasteiger partial charge in [-0.25, -0.2) is 4.79 Å². The molecular formula is C24H25ClN4O2. The molecule has 4 rings (SSSR count). The van der Waals surface area contributed by atoms with Crippen molar-refractivity contribution >= 4 is 29.0 Å². The van der Waals surface area contributed by atoms with E-state index < -0.39 is 0 Å². The smallest absolute Gasteiger partial charge is 0.319 e. The van der Waals surface area contributed by atoms with Crippen molar-refractivity contribution in [1.29, 1.82) is 0 Å². The van der Waals surface area contributed by atoms with Gasteiger partial charge in [-0.2, -0.15) is 0 Å². The lowest BCUT2D eigenvalue weighted by molar-refractivity contribution is 0.243. The van der Waals surface area contributed by atoms with E-state index in [9.17, 15) is 4.79 Å². The van der Waals surface area contributed by atoms with Crippen LogP contribution in [0.5, 0.6) is 5.75 Å². The molecule has 2 aromatic carbocycles. The summed E-state index contributed by atoms with van der Waals surface area (Å²) in [5.41, 5.74) is 2.95. The third kappa shape index (κ3) is 5.27. The van der Waals surface area contributed by atoms with Crippen molar-refractivity contribution in [3.63, 3.8) is 0 Å². The molecular weight excluding hydrogens is 412 g/mol. The second kappa shape index (κ2) is 9.71. The number of aromatic nitrogens is 1. The summed E-state index contributed by atoms with van der Waals surface area (Å²) in [6, 6.07) is 18.9. The lowest BCUT2D eigenvalue weighted by atomic mass is 9.85. The summed E-state index contributed by atoms with van der Waals surface area (Å²) in [5, 5.41) is 6.70. The number of nitrogens with zero attached hydrogens (tertiary/aromatic N) is 2. The van der Waals surface area contributed by atoms with Crippen molar-refractivity contribution in [3.8, 4) is 5.75 Å². The van der Waals surface area contributed by atoms with Crippen LogP contribution < -0.4 is 20.3 Å². The molecule has 2 unspecified atom stereocenters. The Balaban J connectivity index is 1.51. The number of amides is 2. The van der Waals surface area contributed by atoms with E-state index in [-0.39, 0.29) is 18.0 Å². The molecule has 2 heterocycles. The average molecular weight is 437 g/mol. The van der Waals surface area contributed by atoms with Crippen molar-refractivity contribution in [2.45, 2.75) is 18.4 Å². The first-order valence-corrected chi connectivity index (χ1v) is 10.6. The number of carbonyl (C=O) groups is 1. The van der Waals surface area contributed by atoms with Crippen LogP contribution in [0.4, 0.5) is 16.2 Å². The fraction of sp³-hybridized carbons (Fsp3) is 0.250. The number of anilines is 2. The fourth-order valence-electron chi connectivity index (χ4n) is 3.96. The van der Waals surface area contributed by atoms with Gasteiger partial charge in [0.2, 0.25) is 0 Å².